The first-order valence-corrected chi connectivity index (χ1v) is 6.76. The molecule has 0 bridgehead atoms. The molecule has 0 heterocycles. The quantitative estimate of drug-likeness (QED) is 0.706. The lowest BCUT2D eigenvalue weighted by molar-refractivity contribution is -0.117. The zero-order valence-corrected chi connectivity index (χ0v) is 11.9. The fourth-order valence-electron chi connectivity index (χ4n) is 1.80. The summed E-state index contributed by atoms with van der Waals surface area (Å²) in [5.74, 6) is 0.355. The van der Waals surface area contributed by atoms with Crippen LogP contribution < -0.4 is 10.6 Å². The van der Waals surface area contributed by atoms with Gasteiger partial charge in [0.25, 0.3) is 0 Å². The van der Waals surface area contributed by atoms with Crippen LogP contribution in [0, 0.1) is 5.92 Å². The lowest BCUT2D eigenvalue weighted by Gasteiger charge is -2.18. The molecule has 4 nitrogen and oxygen atoms in total. The summed E-state index contributed by atoms with van der Waals surface area (Å²) >= 11 is 0. The first-order chi connectivity index (χ1) is 8.99. The highest BCUT2D eigenvalue weighted by Gasteiger charge is 2.14. The summed E-state index contributed by atoms with van der Waals surface area (Å²) in [5.41, 5.74) is 0.781. The van der Waals surface area contributed by atoms with Gasteiger partial charge in [0.15, 0.2) is 0 Å². The van der Waals surface area contributed by atoms with Crippen molar-refractivity contribution in [3.8, 4) is 0 Å². The van der Waals surface area contributed by atoms with Crippen LogP contribution in [0.3, 0.4) is 0 Å². The van der Waals surface area contributed by atoms with Crippen molar-refractivity contribution in [1.29, 1.82) is 0 Å². The number of hydrogen-bond acceptors (Lipinski definition) is 3. The molecule has 0 spiro atoms. The molecular weight excluding hydrogens is 240 g/mol. The normalized spacial score (nSPS) is 14.2. The van der Waals surface area contributed by atoms with Gasteiger partial charge in [0.05, 0.1) is 12.1 Å². The second-order valence-electron chi connectivity index (χ2n) is 5.27. The Morgan fingerprint density at radius 1 is 1.21 bits per heavy atom. The summed E-state index contributed by atoms with van der Waals surface area (Å²) < 4.78 is 0. The summed E-state index contributed by atoms with van der Waals surface area (Å²) in [7, 11) is 0. The lowest BCUT2D eigenvalue weighted by atomic mass is 10.1. The number of carbonyl (C=O) groups is 1. The summed E-state index contributed by atoms with van der Waals surface area (Å²) in [6.07, 6.45) is 0.326. The topological polar surface area (TPSA) is 61.4 Å². The van der Waals surface area contributed by atoms with Gasteiger partial charge in [0, 0.05) is 12.2 Å². The SMILES string of the molecule is CC(C)CC(O)CNC(C)C(=O)Nc1ccccc1. The van der Waals surface area contributed by atoms with Crippen LogP contribution in [-0.2, 0) is 4.79 Å². The largest absolute Gasteiger partial charge is 0.392 e. The average Bonchev–Trinajstić information content (AvgIpc) is 2.36. The molecule has 0 aromatic heterocycles. The van der Waals surface area contributed by atoms with E-state index in [-0.39, 0.29) is 11.9 Å². The number of nitrogens with one attached hydrogen (secondary N) is 2. The molecule has 1 aromatic carbocycles. The van der Waals surface area contributed by atoms with Gasteiger partial charge in [-0.2, -0.15) is 0 Å². The first kappa shape index (κ1) is 15.7. The number of aliphatic hydroxyl groups excluding tert-OH is 1. The van der Waals surface area contributed by atoms with E-state index in [4.69, 9.17) is 0 Å². The van der Waals surface area contributed by atoms with Crippen LogP contribution >= 0.6 is 0 Å². The van der Waals surface area contributed by atoms with Crippen molar-refractivity contribution in [1.82, 2.24) is 5.32 Å². The zero-order valence-electron chi connectivity index (χ0n) is 11.9. The summed E-state index contributed by atoms with van der Waals surface area (Å²) in [6, 6.07) is 9.01. The number of rotatable bonds is 7. The van der Waals surface area contributed by atoms with Crippen LogP contribution in [0.4, 0.5) is 5.69 Å². The molecule has 106 valence electrons. The predicted octanol–water partition coefficient (Wildman–Crippen LogP) is 2.01. The Kier molecular flexibility index (Phi) is 6.53. The molecule has 0 aliphatic rings. The third-order valence-corrected chi connectivity index (χ3v) is 2.84. The molecule has 0 aliphatic heterocycles. The molecule has 3 N–H and O–H groups in total. The van der Waals surface area contributed by atoms with Crippen molar-refractivity contribution < 1.29 is 9.90 Å². The molecule has 1 rings (SSSR count). The van der Waals surface area contributed by atoms with Crippen molar-refractivity contribution in [2.45, 2.75) is 39.3 Å². The van der Waals surface area contributed by atoms with Crippen LogP contribution in [0.2, 0.25) is 0 Å². The highest BCUT2D eigenvalue weighted by Crippen LogP contribution is 2.06. The predicted molar refractivity (Wildman–Crippen MR) is 78.0 cm³/mol. The Morgan fingerprint density at radius 3 is 2.42 bits per heavy atom. The third kappa shape index (κ3) is 6.36. The van der Waals surface area contributed by atoms with Gasteiger partial charge >= 0.3 is 0 Å². The number of amides is 1. The van der Waals surface area contributed by atoms with Gasteiger partial charge in [0.2, 0.25) is 5.91 Å². The molecule has 1 aromatic rings. The maximum atomic E-state index is 11.9. The van der Waals surface area contributed by atoms with Gasteiger partial charge < -0.3 is 15.7 Å². The van der Waals surface area contributed by atoms with Gasteiger partial charge in [-0.05, 0) is 31.4 Å². The maximum absolute atomic E-state index is 11.9. The molecule has 0 saturated heterocycles. The number of aliphatic hydroxyl groups is 1. The summed E-state index contributed by atoms with van der Waals surface area (Å²) in [5, 5.41) is 15.6. The Morgan fingerprint density at radius 2 is 1.84 bits per heavy atom. The van der Waals surface area contributed by atoms with Crippen LogP contribution in [0.25, 0.3) is 0 Å². The fraction of sp³-hybridized carbons (Fsp3) is 0.533. The molecule has 0 aliphatic carbocycles. The molecule has 2 unspecified atom stereocenters. The van der Waals surface area contributed by atoms with Crippen molar-refractivity contribution in [3.05, 3.63) is 30.3 Å². The van der Waals surface area contributed by atoms with E-state index in [1.807, 2.05) is 30.3 Å². The number of carbonyl (C=O) groups excluding carboxylic acids is 1. The highest BCUT2D eigenvalue weighted by atomic mass is 16.3. The second kappa shape index (κ2) is 7.92. The van der Waals surface area contributed by atoms with Crippen LogP contribution in [0.15, 0.2) is 30.3 Å². The summed E-state index contributed by atoms with van der Waals surface area (Å²) in [6.45, 7) is 6.35. The van der Waals surface area contributed by atoms with E-state index in [0.29, 0.717) is 12.5 Å². The Labute approximate surface area is 115 Å². The number of hydrogen-bond donors (Lipinski definition) is 3. The monoisotopic (exact) mass is 264 g/mol. The number of benzene rings is 1. The van der Waals surface area contributed by atoms with Crippen LogP contribution in [0.5, 0.6) is 0 Å². The van der Waals surface area contributed by atoms with E-state index in [9.17, 15) is 9.90 Å². The highest BCUT2D eigenvalue weighted by molar-refractivity contribution is 5.94. The van der Waals surface area contributed by atoms with Crippen molar-refractivity contribution in [2.24, 2.45) is 5.92 Å². The third-order valence-electron chi connectivity index (χ3n) is 2.84. The molecule has 0 fully saturated rings. The van der Waals surface area contributed by atoms with Gasteiger partial charge in [0.1, 0.15) is 0 Å². The Bertz CT molecular complexity index is 379. The van der Waals surface area contributed by atoms with E-state index in [1.165, 1.54) is 0 Å². The molecule has 19 heavy (non-hydrogen) atoms. The van der Waals surface area contributed by atoms with Crippen molar-refractivity contribution >= 4 is 11.6 Å². The van der Waals surface area contributed by atoms with Crippen molar-refractivity contribution in [3.63, 3.8) is 0 Å². The minimum atomic E-state index is -0.410. The van der Waals surface area contributed by atoms with E-state index >= 15 is 0 Å². The summed E-state index contributed by atoms with van der Waals surface area (Å²) in [4.78, 5) is 11.9. The Hall–Kier alpha value is -1.39. The average molecular weight is 264 g/mol. The van der Waals surface area contributed by atoms with Gasteiger partial charge in [-0.25, -0.2) is 0 Å². The number of anilines is 1. The number of para-hydroxylation sites is 1. The molecular formula is C15H24N2O2. The van der Waals surface area contributed by atoms with E-state index < -0.39 is 6.10 Å². The van der Waals surface area contributed by atoms with Crippen molar-refractivity contribution in [2.75, 3.05) is 11.9 Å². The lowest BCUT2D eigenvalue weighted by Crippen LogP contribution is -2.42. The first-order valence-electron chi connectivity index (χ1n) is 6.76. The molecule has 1 amide bonds. The zero-order chi connectivity index (χ0) is 14.3. The molecule has 0 saturated carbocycles. The van der Waals surface area contributed by atoms with E-state index in [1.54, 1.807) is 6.92 Å². The van der Waals surface area contributed by atoms with Crippen LogP contribution in [-0.4, -0.2) is 29.7 Å². The fourth-order valence-corrected chi connectivity index (χ4v) is 1.80. The van der Waals surface area contributed by atoms with Gasteiger partial charge in [-0.1, -0.05) is 32.0 Å². The smallest absolute Gasteiger partial charge is 0.241 e. The van der Waals surface area contributed by atoms with E-state index in [2.05, 4.69) is 24.5 Å². The van der Waals surface area contributed by atoms with Crippen LogP contribution in [0.1, 0.15) is 27.2 Å². The second-order valence-corrected chi connectivity index (χ2v) is 5.27. The molecule has 4 heteroatoms. The minimum Gasteiger partial charge on any atom is -0.392 e. The van der Waals surface area contributed by atoms with Gasteiger partial charge in [-0.3, -0.25) is 4.79 Å². The standard InChI is InChI=1S/C15H24N2O2/c1-11(2)9-14(18)10-16-12(3)15(19)17-13-7-5-4-6-8-13/h4-8,11-12,14,16,18H,9-10H2,1-3H3,(H,17,19). The minimum absolute atomic E-state index is 0.0945. The molecule has 2 atom stereocenters. The molecule has 0 radical (unpaired) electrons. The van der Waals surface area contributed by atoms with Gasteiger partial charge in [-0.15, -0.1) is 0 Å². The Balaban J connectivity index is 2.33. The van der Waals surface area contributed by atoms with E-state index in [0.717, 1.165) is 12.1 Å². The maximum Gasteiger partial charge on any atom is 0.241 e.